The number of benzene rings is 2. The zero-order chi connectivity index (χ0) is 25.8. The van der Waals surface area contributed by atoms with Crippen molar-refractivity contribution in [3.63, 3.8) is 0 Å². The van der Waals surface area contributed by atoms with E-state index in [1.165, 1.54) is 0 Å². The molecule has 2 amide bonds. The van der Waals surface area contributed by atoms with Gasteiger partial charge in [-0.2, -0.15) is 0 Å². The van der Waals surface area contributed by atoms with E-state index in [2.05, 4.69) is 5.32 Å². The molecule has 1 aliphatic rings. The van der Waals surface area contributed by atoms with Crippen molar-refractivity contribution in [2.24, 2.45) is 5.73 Å². The summed E-state index contributed by atoms with van der Waals surface area (Å²) in [6.45, 7) is 0.782. The number of aliphatic carboxylic acids is 1. The molecule has 35 heavy (non-hydrogen) atoms. The van der Waals surface area contributed by atoms with Crippen molar-refractivity contribution in [1.29, 1.82) is 0 Å². The lowest BCUT2D eigenvalue weighted by atomic mass is 10.0. The van der Waals surface area contributed by atoms with Crippen LogP contribution >= 0.6 is 11.8 Å². The molecule has 1 atom stereocenters. The average molecular weight is 514 g/mol. The number of rotatable bonds is 10. The number of halogens is 3. The minimum Gasteiger partial charge on any atom is -0.482 e. The number of nitrogens with one attached hydrogen (secondary N) is 1. The average Bonchev–Trinajstić information content (AvgIpc) is 3.36. The maximum atomic E-state index is 13.5. The lowest BCUT2D eigenvalue weighted by Gasteiger charge is -2.18. The number of hydrogen-bond donors (Lipinski definition) is 3. The number of hydrogen-bond acceptors (Lipinski definition) is 6. The highest BCUT2D eigenvalue weighted by atomic mass is 32.2. The van der Waals surface area contributed by atoms with Gasteiger partial charge in [0.15, 0.2) is 18.2 Å². The molecule has 1 heterocycles. The van der Waals surface area contributed by atoms with Crippen molar-refractivity contribution in [1.82, 2.24) is 10.2 Å². The van der Waals surface area contributed by atoms with Crippen LogP contribution in [0.4, 0.5) is 13.2 Å². The lowest BCUT2D eigenvalue weighted by molar-refractivity contribution is -0.139. The Labute approximate surface area is 204 Å². The van der Waals surface area contributed by atoms with Crippen LogP contribution < -0.4 is 15.8 Å². The zero-order valence-electron chi connectivity index (χ0n) is 18.7. The van der Waals surface area contributed by atoms with Crippen molar-refractivity contribution in [3.05, 3.63) is 65.0 Å². The van der Waals surface area contributed by atoms with Crippen LogP contribution in [0.1, 0.15) is 17.5 Å². The summed E-state index contributed by atoms with van der Waals surface area (Å²) in [5.41, 5.74) is 6.70. The predicted molar refractivity (Wildman–Crippen MR) is 124 cm³/mol. The molecule has 3 rings (SSSR count). The van der Waals surface area contributed by atoms with Gasteiger partial charge < -0.3 is 25.8 Å². The van der Waals surface area contributed by atoms with Gasteiger partial charge in [-0.15, -0.1) is 11.8 Å². The molecule has 0 radical (unpaired) electrons. The number of nitrogens with two attached hydrogens (primary N) is 1. The molecule has 1 unspecified atom stereocenters. The number of thioether (sulfide) groups is 1. The normalized spacial score (nSPS) is 13.4. The van der Waals surface area contributed by atoms with Gasteiger partial charge in [0.25, 0.3) is 0 Å². The SMILES string of the molecule is NC(CC(=O)N1CCSC1)Cc1cc(F)c(F)cc1F.O=CNCc1ccc(OCC(=O)O)cc1. The van der Waals surface area contributed by atoms with Crippen LogP contribution in [-0.4, -0.2) is 59.1 Å². The second kappa shape index (κ2) is 14.2. The first-order valence-electron chi connectivity index (χ1n) is 10.5. The molecule has 0 aromatic heterocycles. The fourth-order valence-corrected chi connectivity index (χ4v) is 4.02. The second-order valence-corrected chi connectivity index (χ2v) is 8.62. The molecule has 0 saturated carbocycles. The number of carboxylic acids is 1. The van der Waals surface area contributed by atoms with Crippen molar-refractivity contribution in [2.45, 2.75) is 25.4 Å². The number of amides is 2. The van der Waals surface area contributed by atoms with E-state index in [1.807, 2.05) is 0 Å². The zero-order valence-corrected chi connectivity index (χ0v) is 19.5. The van der Waals surface area contributed by atoms with Crippen molar-refractivity contribution in [2.75, 3.05) is 24.8 Å². The Morgan fingerprint density at radius 3 is 2.46 bits per heavy atom. The predicted octanol–water partition coefficient (Wildman–Crippen LogP) is 2.29. The summed E-state index contributed by atoms with van der Waals surface area (Å²) in [5, 5.41) is 10.9. The van der Waals surface area contributed by atoms with Crippen molar-refractivity contribution < 1.29 is 37.4 Å². The Kier molecular flexibility index (Phi) is 11.4. The fraction of sp³-hybridized carbons (Fsp3) is 0.348. The quantitative estimate of drug-likeness (QED) is 0.329. The molecule has 0 bridgehead atoms. The van der Waals surface area contributed by atoms with Crippen molar-refractivity contribution >= 4 is 30.0 Å². The highest BCUT2D eigenvalue weighted by Gasteiger charge is 2.21. The monoisotopic (exact) mass is 513 g/mol. The molecule has 8 nitrogen and oxygen atoms in total. The van der Waals surface area contributed by atoms with Gasteiger partial charge in [-0.05, 0) is 35.7 Å². The van der Waals surface area contributed by atoms with E-state index in [1.54, 1.807) is 40.9 Å². The highest BCUT2D eigenvalue weighted by Crippen LogP contribution is 2.18. The Hall–Kier alpha value is -3.25. The molecule has 2 aromatic rings. The summed E-state index contributed by atoms with van der Waals surface area (Å²) in [6, 6.07) is 7.50. The third kappa shape index (κ3) is 9.87. The fourth-order valence-electron chi connectivity index (χ4n) is 3.05. The first kappa shape index (κ1) is 28.0. The third-order valence-corrected chi connectivity index (χ3v) is 5.75. The van der Waals surface area contributed by atoms with E-state index in [9.17, 15) is 27.6 Å². The Balaban J connectivity index is 0.000000258. The van der Waals surface area contributed by atoms with E-state index in [0.29, 0.717) is 37.2 Å². The van der Waals surface area contributed by atoms with Gasteiger partial charge >= 0.3 is 5.97 Å². The van der Waals surface area contributed by atoms with E-state index < -0.39 is 29.5 Å². The first-order valence-corrected chi connectivity index (χ1v) is 11.7. The molecule has 4 N–H and O–H groups in total. The van der Waals surface area contributed by atoms with E-state index in [0.717, 1.165) is 17.4 Å². The molecule has 0 spiro atoms. The molecular weight excluding hydrogens is 487 g/mol. The second-order valence-electron chi connectivity index (χ2n) is 7.55. The lowest BCUT2D eigenvalue weighted by Crippen LogP contribution is -2.35. The summed E-state index contributed by atoms with van der Waals surface area (Å²) in [7, 11) is 0. The van der Waals surface area contributed by atoms with Gasteiger partial charge in [0.05, 0.1) is 5.88 Å². The molecular formula is C23H26F3N3O5S. The minimum atomic E-state index is -1.23. The van der Waals surface area contributed by atoms with Crippen LogP contribution in [-0.2, 0) is 27.3 Å². The van der Waals surface area contributed by atoms with Gasteiger partial charge in [0.2, 0.25) is 12.3 Å². The maximum absolute atomic E-state index is 13.5. The number of carbonyl (C=O) groups is 3. The standard InChI is InChI=1S/C13H15F3N2OS.C10H11NO4/c14-10-6-12(16)11(15)4-8(10)3-9(17)5-13(19)18-1-2-20-7-18;12-7-11-5-8-1-3-9(4-2-8)15-6-10(13)14/h4,6,9H,1-3,5,7,17H2;1-4,7H,5-6H2,(H,11,12)(H,13,14). The van der Waals surface area contributed by atoms with E-state index in [-0.39, 0.29) is 30.9 Å². The van der Waals surface area contributed by atoms with E-state index >= 15 is 0 Å². The van der Waals surface area contributed by atoms with Gasteiger partial charge in [0, 0.05) is 37.4 Å². The molecule has 190 valence electrons. The maximum Gasteiger partial charge on any atom is 0.341 e. The topological polar surface area (TPSA) is 122 Å². The molecule has 1 fully saturated rings. The number of carboxylic acid groups (broad SMARTS) is 1. The largest absolute Gasteiger partial charge is 0.482 e. The van der Waals surface area contributed by atoms with E-state index in [4.69, 9.17) is 15.6 Å². The molecule has 0 aliphatic carbocycles. The van der Waals surface area contributed by atoms with Crippen LogP contribution in [0.15, 0.2) is 36.4 Å². The van der Waals surface area contributed by atoms with Gasteiger partial charge in [-0.3, -0.25) is 9.59 Å². The van der Waals surface area contributed by atoms with Crippen molar-refractivity contribution in [3.8, 4) is 5.75 Å². The van der Waals surface area contributed by atoms with Crippen LogP contribution in [0.3, 0.4) is 0 Å². The summed E-state index contributed by atoms with van der Waals surface area (Å²) >= 11 is 1.66. The number of nitrogens with zero attached hydrogens (tertiary/aromatic N) is 1. The molecule has 12 heteroatoms. The van der Waals surface area contributed by atoms with Crippen LogP contribution in [0.5, 0.6) is 5.75 Å². The molecule has 1 saturated heterocycles. The summed E-state index contributed by atoms with van der Waals surface area (Å²) in [4.78, 5) is 33.8. The highest BCUT2D eigenvalue weighted by molar-refractivity contribution is 7.99. The Morgan fingerprint density at radius 1 is 1.17 bits per heavy atom. The van der Waals surface area contributed by atoms with Crippen LogP contribution in [0.25, 0.3) is 0 Å². The number of carbonyl (C=O) groups excluding carboxylic acids is 2. The Bertz CT molecular complexity index is 1000. The minimum absolute atomic E-state index is 0.00421. The summed E-state index contributed by atoms with van der Waals surface area (Å²) in [5.74, 6) is -2.26. The molecule has 1 aliphatic heterocycles. The smallest absolute Gasteiger partial charge is 0.341 e. The van der Waals surface area contributed by atoms with Crippen LogP contribution in [0, 0.1) is 17.5 Å². The van der Waals surface area contributed by atoms with Gasteiger partial charge in [-0.25, -0.2) is 18.0 Å². The molecule has 2 aromatic carbocycles. The van der Waals surface area contributed by atoms with Crippen LogP contribution in [0.2, 0.25) is 0 Å². The number of ether oxygens (including phenoxy) is 1. The van der Waals surface area contributed by atoms with Gasteiger partial charge in [0.1, 0.15) is 11.6 Å². The first-order chi connectivity index (χ1) is 16.7. The van der Waals surface area contributed by atoms with Gasteiger partial charge in [-0.1, -0.05) is 12.1 Å². The summed E-state index contributed by atoms with van der Waals surface area (Å²) in [6.07, 6.45) is 0.684. The Morgan fingerprint density at radius 2 is 1.86 bits per heavy atom. The third-order valence-electron chi connectivity index (χ3n) is 4.79. The summed E-state index contributed by atoms with van der Waals surface area (Å²) < 4.78 is 44.3.